The Hall–Kier alpha value is -1.71. The van der Waals surface area contributed by atoms with E-state index in [9.17, 15) is 4.79 Å². The largest absolute Gasteiger partial charge is 0.473 e. The highest BCUT2D eigenvalue weighted by Crippen LogP contribution is 2.14. The number of benzene rings is 1. The Morgan fingerprint density at radius 2 is 1.81 bits per heavy atom. The summed E-state index contributed by atoms with van der Waals surface area (Å²) in [5.41, 5.74) is 1.11. The average Bonchev–Trinajstić information content (AvgIpc) is 2.40. The number of hydrogen-bond acceptors (Lipinski definition) is 2. The standard InChI is InChI=1S/C17H28N2O2/c1-6-8-14-9-11-15(12-10-14)21-13-18-16(20)19(7-2)17(3,4)5/h9-12H,6-8,13H2,1-5H3,(H,18,20). The summed E-state index contributed by atoms with van der Waals surface area (Å²) in [5, 5.41) is 2.79. The maximum atomic E-state index is 12.1. The van der Waals surface area contributed by atoms with Gasteiger partial charge in [-0.3, -0.25) is 0 Å². The van der Waals surface area contributed by atoms with Gasteiger partial charge in [-0.1, -0.05) is 25.5 Å². The third-order valence-electron chi connectivity index (χ3n) is 3.30. The van der Waals surface area contributed by atoms with Crippen molar-refractivity contribution in [2.45, 2.75) is 53.0 Å². The summed E-state index contributed by atoms with van der Waals surface area (Å²) in [6, 6.07) is 7.91. The second kappa shape index (κ2) is 7.91. The van der Waals surface area contributed by atoms with Crippen molar-refractivity contribution in [1.29, 1.82) is 0 Å². The lowest BCUT2D eigenvalue weighted by Crippen LogP contribution is -2.50. The molecule has 0 fully saturated rings. The Labute approximate surface area is 128 Å². The number of aryl methyl sites for hydroxylation is 1. The molecule has 0 spiro atoms. The van der Waals surface area contributed by atoms with Crippen LogP contribution in [0.5, 0.6) is 5.75 Å². The normalized spacial score (nSPS) is 11.1. The molecule has 0 unspecified atom stereocenters. The molecule has 21 heavy (non-hydrogen) atoms. The van der Waals surface area contributed by atoms with Gasteiger partial charge in [0.2, 0.25) is 0 Å². The van der Waals surface area contributed by atoms with E-state index < -0.39 is 0 Å². The highest BCUT2D eigenvalue weighted by atomic mass is 16.5. The zero-order valence-electron chi connectivity index (χ0n) is 13.9. The Morgan fingerprint density at radius 1 is 1.19 bits per heavy atom. The molecule has 0 saturated heterocycles. The van der Waals surface area contributed by atoms with Crippen LogP contribution in [0.1, 0.15) is 46.6 Å². The zero-order chi connectivity index (χ0) is 15.9. The molecule has 0 bridgehead atoms. The third-order valence-corrected chi connectivity index (χ3v) is 3.30. The van der Waals surface area contributed by atoms with Gasteiger partial charge in [-0.15, -0.1) is 0 Å². The topological polar surface area (TPSA) is 41.6 Å². The van der Waals surface area contributed by atoms with Gasteiger partial charge in [0.1, 0.15) is 5.75 Å². The fourth-order valence-electron chi connectivity index (χ4n) is 2.24. The molecule has 1 aromatic rings. The van der Waals surface area contributed by atoms with E-state index in [0.29, 0.717) is 6.54 Å². The monoisotopic (exact) mass is 292 g/mol. The van der Waals surface area contributed by atoms with Crippen molar-refractivity contribution < 1.29 is 9.53 Å². The van der Waals surface area contributed by atoms with Crippen molar-refractivity contribution in [3.05, 3.63) is 29.8 Å². The quantitative estimate of drug-likeness (QED) is 0.810. The summed E-state index contributed by atoms with van der Waals surface area (Å²) in [7, 11) is 0. The molecule has 0 radical (unpaired) electrons. The van der Waals surface area contributed by atoms with Gasteiger partial charge in [0, 0.05) is 12.1 Å². The van der Waals surface area contributed by atoms with Gasteiger partial charge in [-0.25, -0.2) is 4.79 Å². The minimum absolute atomic E-state index is 0.104. The maximum Gasteiger partial charge on any atom is 0.320 e. The van der Waals surface area contributed by atoms with Crippen molar-refractivity contribution in [3.63, 3.8) is 0 Å². The van der Waals surface area contributed by atoms with Gasteiger partial charge in [-0.05, 0) is 51.8 Å². The first-order valence-corrected chi connectivity index (χ1v) is 7.65. The first-order valence-electron chi connectivity index (χ1n) is 7.65. The Kier molecular flexibility index (Phi) is 6.53. The average molecular weight is 292 g/mol. The van der Waals surface area contributed by atoms with Crippen LogP contribution in [0.3, 0.4) is 0 Å². The van der Waals surface area contributed by atoms with Gasteiger partial charge in [0.25, 0.3) is 0 Å². The summed E-state index contributed by atoms with van der Waals surface area (Å²) in [6.07, 6.45) is 2.21. The van der Waals surface area contributed by atoms with Crippen LogP contribution in [0.15, 0.2) is 24.3 Å². The summed E-state index contributed by atoms with van der Waals surface area (Å²) >= 11 is 0. The van der Waals surface area contributed by atoms with Crippen molar-refractivity contribution in [3.8, 4) is 5.75 Å². The number of rotatable bonds is 6. The Balaban J connectivity index is 2.44. The van der Waals surface area contributed by atoms with Gasteiger partial charge in [0.15, 0.2) is 6.73 Å². The lowest BCUT2D eigenvalue weighted by atomic mass is 10.1. The first-order chi connectivity index (χ1) is 9.88. The van der Waals surface area contributed by atoms with E-state index in [1.54, 1.807) is 4.90 Å². The fraction of sp³-hybridized carbons (Fsp3) is 0.588. The Bertz CT molecular complexity index is 435. The van der Waals surface area contributed by atoms with Crippen molar-refractivity contribution in [2.75, 3.05) is 13.3 Å². The fourth-order valence-corrected chi connectivity index (χ4v) is 2.24. The minimum Gasteiger partial charge on any atom is -0.473 e. The van der Waals surface area contributed by atoms with E-state index in [0.717, 1.165) is 18.6 Å². The smallest absolute Gasteiger partial charge is 0.320 e. The molecule has 4 nitrogen and oxygen atoms in total. The van der Waals surface area contributed by atoms with Crippen LogP contribution in [0.4, 0.5) is 4.79 Å². The Morgan fingerprint density at radius 3 is 2.29 bits per heavy atom. The molecule has 0 aliphatic rings. The number of hydrogen-bond donors (Lipinski definition) is 1. The number of nitrogens with one attached hydrogen (secondary N) is 1. The third kappa shape index (κ3) is 5.66. The van der Waals surface area contributed by atoms with Gasteiger partial charge in [0.05, 0.1) is 0 Å². The highest BCUT2D eigenvalue weighted by molar-refractivity contribution is 5.74. The summed E-state index contributed by atoms with van der Waals surface area (Å²) in [5.74, 6) is 0.772. The van der Waals surface area contributed by atoms with E-state index in [-0.39, 0.29) is 18.3 Å². The second-order valence-corrected chi connectivity index (χ2v) is 6.08. The van der Waals surface area contributed by atoms with Crippen molar-refractivity contribution in [1.82, 2.24) is 10.2 Å². The predicted octanol–water partition coefficient (Wildman–Crippen LogP) is 3.81. The van der Waals surface area contributed by atoms with Crippen molar-refractivity contribution >= 4 is 6.03 Å². The van der Waals surface area contributed by atoms with Gasteiger partial charge >= 0.3 is 6.03 Å². The minimum atomic E-state index is -0.194. The molecule has 1 rings (SSSR count). The molecule has 0 aliphatic heterocycles. The molecular formula is C17H28N2O2. The lowest BCUT2D eigenvalue weighted by Gasteiger charge is -2.34. The predicted molar refractivity (Wildman–Crippen MR) is 86.6 cm³/mol. The van der Waals surface area contributed by atoms with Crippen LogP contribution in [-0.4, -0.2) is 29.7 Å². The number of carbonyl (C=O) groups is 1. The van der Waals surface area contributed by atoms with Crippen LogP contribution >= 0.6 is 0 Å². The van der Waals surface area contributed by atoms with E-state index in [1.165, 1.54) is 5.56 Å². The number of ether oxygens (including phenoxy) is 1. The van der Waals surface area contributed by atoms with Gasteiger partial charge < -0.3 is 15.0 Å². The number of amides is 2. The molecule has 0 aromatic heterocycles. The summed E-state index contributed by atoms with van der Waals surface area (Å²) in [4.78, 5) is 13.9. The highest BCUT2D eigenvalue weighted by Gasteiger charge is 2.24. The molecule has 0 saturated carbocycles. The van der Waals surface area contributed by atoms with Crippen LogP contribution in [0.25, 0.3) is 0 Å². The van der Waals surface area contributed by atoms with Crippen LogP contribution in [-0.2, 0) is 6.42 Å². The van der Waals surface area contributed by atoms with Crippen LogP contribution < -0.4 is 10.1 Å². The number of nitrogens with zero attached hydrogens (tertiary/aromatic N) is 1. The summed E-state index contributed by atoms with van der Waals surface area (Å²) in [6.45, 7) is 11.0. The molecule has 0 heterocycles. The molecule has 0 aliphatic carbocycles. The zero-order valence-corrected chi connectivity index (χ0v) is 13.9. The van der Waals surface area contributed by atoms with Crippen molar-refractivity contribution in [2.24, 2.45) is 0 Å². The molecule has 118 valence electrons. The molecule has 2 amide bonds. The molecule has 1 N–H and O–H groups in total. The van der Waals surface area contributed by atoms with E-state index in [2.05, 4.69) is 24.4 Å². The van der Waals surface area contributed by atoms with Crippen LogP contribution in [0, 0.1) is 0 Å². The van der Waals surface area contributed by atoms with Crippen LogP contribution in [0.2, 0.25) is 0 Å². The van der Waals surface area contributed by atoms with E-state index in [1.807, 2.05) is 39.8 Å². The second-order valence-electron chi connectivity index (χ2n) is 6.08. The lowest BCUT2D eigenvalue weighted by molar-refractivity contribution is 0.141. The molecule has 4 heteroatoms. The van der Waals surface area contributed by atoms with E-state index >= 15 is 0 Å². The van der Waals surface area contributed by atoms with E-state index in [4.69, 9.17) is 4.74 Å². The maximum absolute atomic E-state index is 12.1. The van der Waals surface area contributed by atoms with Gasteiger partial charge in [-0.2, -0.15) is 0 Å². The number of carbonyl (C=O) groups excluding carboxylic acids is 1. The SMILES string of the molecule is CCCc1ccc(OCNC(=O)N(CC)C(C)(C)C)cc1. The number of urea groups is 1. The molecule has 1 aromatic carbocycles. The molecular weight excluding hydrogens is 264 g/mol. The summed E-state index contributed by atoms with van der Waals surface area (Å²) < 4.78 is 5.56. The molecule has 0 atom stereocenters. The first kappa shape index (κ1) is 17.3.